The Morgan fingerprint density at radius 3 is 2.20 bits per heavy atom. The molecule has 0 aliphatic heterocycles. The van der Waals surface area contributed by atoms with Crippen molar-refractivity contribution >= 4 is 51.2 Å². The Balaban J connectivity index is 3.35. The van der Waals surface area contributed by atoms with E-state index >= 15 is 0 Å². The fraction of sp³-hybridized carbons (Fsp3) is 0.429. The maximum Gasteiger partial charge on any atom is 0.338 e. The third kappa shape index (κ3) is 5.93. The fourth-order valence-corrected chi connectivity index (χ4v) is 2.58. The third-order valence-electron chi connectivity index (χ3n) is 3.31. The average Bonchev–Trinajstić information content (AvgIpc) is 2.52. The van der Waals surface area contributed by atoms with Gasteiger partial charge in [0.15, 0.2) is 0 Å². The van der Waals surface area contributed by atoms with Gasteiger partial charge in [-0.2, -0.15) is 0 Å². The number of ether oxygens (including phenoxy) is 1. The van der Waals surface area contributed by atoms with Crippen LogP contribution in [0, 0.1) is 0 Å². The Kier molecular flexibility index (Phi) is 7.75. The van der Waals surface area contributed by atoms with Gasteiger partial charge in [-0.25, -0.2) is 13.2 Å². The van der Waals surface area contributed by atoms with Crippen molar-refractivity contribution < 1.29 is 27.3 Å². The minimum atomic E-state index is -4.52. The first-order valence-corrected chi connectivity index (χ1v) is 8.88. The van der Waals surface area contributed by atoms with Crippen LogP contribution >= 0.6 is 0 Å². The average molecular weight is 358 g/mol. The molecule has 1 aromatic rings. The van der Waals surface area contributed by atoms with Gasteiger partial charge in [-0.05, 0) is 16.7 Å². The number of hydrogen-bond acceptors (Lipinski definition) is 6. The summed E-state index contributed by atoms with van der Waals surface area (Å²) in [6.45, 7) is 0.682. The lowest BCUT2D eigenvalue weighted by atomic mass is 9.80. The molecular formula is C14H15B3NO6S-. The Morgan fingerprint density at radius 1 is 1.16 bits per heavy atom. The zero-order chi connectivity index (χ0) is 19.2. The fourth-order valence-electron chi connectivity index (χ4n) is 2.29. The Hall–Kier alpha value is -1.74. The molecule has 6 radical (unpaired) electrons. The van der Waals surface area contributed by atoms with Crippen LogP contribution in [0.4, 0.5) is 5.69 Å². The van der Waals surface area contributed by atoms with E-state index in [4.69, 9.17) is 28.3 Å². The molecule has 0 aliphatic carbocycles. The summed E-state index contributed by atoms with van der Waals surface area (Å²) >= 11 is 0. The smallest absolute Gasteiger partial charge is 0.338 e. The SMILES string of the molecule is [B]Cc1cc(C[B])c(C(=O)OCCS(=O)(=O)[O-])c(C[B])c1NC(C)=O. The molecule has 7 nitrogen and oxygen atoms in total. The molecule has 0 heterocycles. The molecule has 1 N–H and O–H groups in total. The zero-order valence-corrected chi connectivity index (χ0v) is 14.5. The van der Waals surface area contributed by atoms with Gasteiger partial charge in [-0.3, -0.25) is 4.79 Å². The summed E-state index contributed by atoms with van der Waals surface area (Å²) in [7, 11) is 12.5. The number of carbonyl (C=O) groups is 2. The van der Waals surface area contributed by atoms with Gasteiger partial charge in [0.2, 0.25) is 5.91 Å². The van der Waals surface area contributed by atoms with E-state index in [0.29, 0.717) is 11.1 Å². The number of rotatable bonds is 8. The van der Waals surface area contributed by atoms with E-state index in [1.807, 2.05) is 0 Å². The van der Waals surface area contributed by atoms with Crippen LogP contribution in [-0.4, -0.2) is 60.7 Å². The van der Waals surface area contributed by atoms with Crippen molar-refractivity contribution in [2.75, 3.05) is 17.7 Å². The number of benzene rings is 1. The monoisotopic (exact) mass is 358 g/mol. The Bertz CT molecular complexity index is 766. The molecule has 0 atom stereocenters. The Labute approximate surface area is 150 Å². The number of carbonyl (C=O) groups excluding carboxylic acids is 2. The number of esters is 1. The summed E-state index contributed by atoms with van der Waals surface area (Å²) in [5.41, 5.74) is 1.50. The van der Waals surface area contributed by atoms with Crippen LogP contribution in [0.2, 0.25) is 0 Å². The minimum Gasteiger partial charge on any atom is -0.748 e. The van der Waals surface area contributed by atoms with Crippen LogP contribution in [0.3, 0.4) is 0 Å². The molecule has 0 spiro atoms. The molecule has 128 valence electrons. The van der Waals surface area contributed by atoms with Crippen molar-refractivity contribution in [3.8, 4) is 0 Å². The number of hydrogen-bond donors (Lipinski definition) is 1. The normalized spacial score (nSPS) is 11.1. The lowest BCUT2D eigenvalue weighted by molar-refractivity contribution is -0.114. The van der Waals surface area contributed by atoms with Crippen LogP contribution in [0.15, 0.2) is 6.07 Å². The molecule has 25 heavy (non-hydrogen) atoms. The van der Waals surface area contributed by atoms with E-state index in [1.165, 1.54) is 6.92 Å². The van der Waals surface area contributed by atoms with Crippen molar-refractivity contribution in [3.05, 3.63) is 28.3 Å². The van der Waals surface area contributed by atoms with Gasteiger partial charge in [0.25, 0.3) is 0 Å². The van der Waals surface area contributed by atoms with Gasteiger partial charge in [0.1, 0.15) is 6.61 Å². The molecule has 1 rings (SSSR count). The second-order valence-electron chi connectivity index (χ2n) is 5.11. The molecule has 0 unspecified atom stereocenters. The maximum atomic E-state index is 12.4. The van der Waals surface area contributed by atoms with E-state index in [1.54, 1.807) is 6.07 Å². The molecule has 1 aromatic carbocycles. The lowest BCUT2D eigenvalue weighted by Crippen LogP contribution is -2.20. The van der Waals surface area contributed by atoms with Crippen LogP contribution in [-0.2, 0) is 38.6 Å². The highest BCUT2D eigenvalue weighted by Gasteiger charge is 2.22. The van der Waals surface area contributed by atoms with Gasteiger partial charge in [0.05, 0.1) is 45.0 Å². The van der Waals surface area contributed by atoms with Gasteiger partial charge in [0, 0.05) is 12.6 Å². The number of amides is 1. The van der Waals surface area contributed by atoms with E-state index in [0.717, 1.165) is 0 Å². The van der Waals surface area contributed by atoms with Gasteiger partial charge >= 0.3 is 5.97 Å². The summed E-state index contributed by atoms with van der Waals surface area (Å²) in [4.78, 5) is 23.8. The first kappa shape index (κ1) is 21.3. The molecule has 0 saturated carbocycles. The second-order valence-corrected chi connectivity index (χ2v) is 6.64. The van der Waals surface area contributed by atoms with Crippen molar-refractivity contribution in [3.63, 3.8) is 0 Å². The highest BCUT2D eigenvalue weighted by Crippen LogP contribution is 2.29. The minimum absolute atomic E-state index is 0.0225. The van der Waals surface area contributed by atoms with Crippen LogP contribution in [0.5, 0.6) is 0 Å². The topological polar surface area (TPSA) is 113 Å². The molecular weight excluding hydrogens is 343 g/mol. The summed E-state index contributed by atoms with van der Waals surface area (Å²) < 4.78 is 36.7. The first-order chi connectivity index (χ1) is 11.6. The van der Waals surface area contributed by atoms with Crippen LogP contribution < -0.4 is 5.32 Å². The molecule has 0 bridgehead atoms. The molecule has 0 saturated heterocycles. The summed E-state index contributed by atoms with van der Waals surface area (Å²) in [6.07, 6.45) is -0.0925. The van der Waals surface area contributed by atoms with Gasteiger partial charge in [-0.15, -0.1) is 0 Å². The summed E-state index contributed by atoms with van der Waals surface area (Å²) in [5.74, 6) is -2.13. The lowest BCUT2D eigenvalue weighted by Gasteiger charge is -2.21. The van der Waals surface area contributed by atoms with Crippen molar-refractivity contribution in [1.82, 2.24) is 0 Å². The Morgan fingerprint density at radius 2 is 1.76 bits per heavy atom. The first-order valence-electron chi connectivity index (χ1n) is 7.30. The second kappa shape index (κ2) is 9.10. The van der Waals surface area contributed by atoms with Crippen molar-refractivity contribution in [2.45, 2.75) is 25.9 Å². The number of anilines is 1. The van der Waals surface area contributed by atoms with Gasteiger partial charge in [-0.1, -0.05) is 25.0 Å². The predicted molar refractivity (Wildman–Crippen MR) is 94.0 cm³/mol. The zero-order valence-electron chi connectivity index (χ0n) is 13.7. The molecule has 1 amide bonds. The van der Waals surface area contributed by atoms with Crippen LogP contribution in [0.1, 0.15) is 34.0 Å². The molecule has 0 aliphatic rings. The summed E-state index contributed by atoms with van der Waals surface area (Å²) in [5, 5.41) is 2.58. The summed E-state index contributed by atoms with van der Waals surface area (Å²) in [6, 6.07) is 1.55. The standard InChI is InChI=1S/C14H16B3NO6S/c1-8(19)18-13-10(6-16)4-9(5-15)12(11(13)7-17)14(20)24-2-3-25(21,22)23/h4H,2-3,5-7H2,1H3,(H,18,19)(H,21,22,23)/p-1. The molecule has 0 fully saturated rings. The van der Waals surface area contributed by atoms with E-state index < -0.39 is 28.4 Å². The van der Waals surface area contributed by atoms with Crippen molar-refractivity contribution in [2.24, 2.45) is 0 Å². The van der Waals surface area contributed by atoms with Crippen LogP contribution in [0.25, 0.3) is 0 Å². The highest BCUT2D eigenvalue weighted by molar-refractivity contribution is 7.85. The molecule has 0 aromatic heterocycles. The quantitative estimate of drug-likeness (QED) is 0.376. The molecule has 11 heteroatoms. The van der Waals surface area contributed by atoms with Gasteiger partial charge < -0.3 is 14.6 Å². The van der Waals surface area contributed by atoms with E-state index in [9.17, 15) is 22.6 Å². The largest absolute Gasteiger partial charge is 0.748 e. The van der Waals surface area contributed by atoms with Crippen molar-refractivity contribution in [1.29, 1.82) is 0 Å². The van der Waals surface area contributed by atoms with E-state index in [2.05, 4.69) is 5.32 Å². The third-order valence-corrected chi connectivity index (χ3v) is 3.98. The number of nitrogens with one attached hydrogen (secondary N) is 1. The van der Waals surface area contributed by atoms with E-state index in [-0.39, 0.29) is 41.7 Å². The maximum absolute atomic E-state index is 12.4. The predicted octanol–water partition coefficient (Wildman–Crippen LogP) is -0.647. The highest BCUT2D eigenvalue weighted by atomic mass is 32.2.